The van der Waals surface area contributed by atoms with Gasteiger partial charge in [0.2, 0.25) is 5.91 Å². The number of rotatable bonds is 6. The van der Waals surface area contributed by atoms with Crippen LogP contribution >= 0.6 is 0 Å². The molecular formula is C17H23NO5. The number of hydrogen-bond acceptors (Lipinski definition) is 4. The van der Waals surface area contributed by atoms with Crippen molar-refractivity contribution in [3.63, 3.8) is 0 Å². The number of carboxylic acid groups (broad SMARTS) is 1. The van der Waals surface area contributed by atoms with Gasteiger partial charge in [0.25, 0.3) is 0 Å². The van der Waals surface area contributed by atoms with Crippen LogP contribution in [0.5, 0.6) is 5.75 Å². The second-order valence-corrected chi connectivity index (χ2v) is 5.98. The van der Waals surface area contributed by atoms with Crippen LogP contribution in [0.2, 0.25) is 0 Å². The summed E-state index contributed by atoms with van der Waals surface area (Å²) in [5.74, 6) is -0.640. The topological polar surface area (TPSA) is 84.9 Å². The van der Waals surface area contributed by atoms with Crippen molar-refractivity contribution in [2.75, 3.05) is 13.7 Å². The summed E-state index contributed by atoms with van der Waals surface area (Å²) in [6.45, 7) is 2.27. The highest BCUT2D eigenvalue weighted by Crippen LogP contribution is 2.28. The number of carbonyl (C=O) groups is 2. The lowest BCUT2D eigenvalue weighted by Crippen LogP contribution is -2.50. The molecule has 0 aliphatic carbocycles. The van der Waals surface area contributed by atoms with Crippen molar-refractivity contribution in [2.24, 2.45) is 0 Å². The molecule has 0 saturated carbocycles. The number of benzene rings is 1. The second kappa shape index (κ2) is 7.46. The molecule has 2 N–H and O–H groups in total. The van der Waals surface area contributed by atoms with Gasteiger partial charge in [-0.3, -0.25) is 9.59 Å². The minimum Gasteiger partial charge on any atom is -0.497 e. The number of carboxylic acids is 1. The first kappa shape index (κ1) is 17.3. The zero-order chi connectivity index (χ0) is 16.9. The summed E-state index contributed by atoms with van der Waals surface area (Å²) in [4.78, 5) is 23.7. The smallest absolute Gasteiger partial charge is 0.306 e. The molecular weight excluding hydrogens is 298 g/mol. The van der Waals surface area contributed by atoms with Crippen molar-refractivity contribution in [3.05, 3.63) is 29.8 Å². The normalized spacial score (nSPS) is 20.3. The Labute approximate surface area is 135 Å². The molecule has 2 unspecified atom stereocenters. The third kappa shape index (κ3) is 4.45. The van der Waals surface area contributed by atoms with E-state index >= 15 is 0 Å². The van der Waals surface area contributed by atoms with E-state index in [-0.39, 0.29) is 12.3 Å². The van der Waals surface area contributed by atoms with Gasteiger partial charge in [0.1, 0.15) is 11.9 Å². The Morgan fingerprint density at radius 3 is 2.83 bits per heavy atom. The van der Waals surface area contributed by atoms with E-state index in [1.54, 1.807) is 38.3 Å². The zero-order valence-electron chi connectivity index (χ0n) is 13.5. The number of carbonyl (C=O) groups excluding carboxylic acids is 1. The van der Waals surface area contributed by atoms with Gasteiger partial charge >= 0.3 is 5.97 Å². The molecule has 0 spiro atoms. The van der Waals surface area contributed by atoms with E-state index in [1.807, 2.05) is 0 Å². The SMILES string of the molecule is COc1cccc(C(C)(CC(=O)O)NC(=O)C2CCCCO2)c1. The van der Waals surface area contributed by atoms with Crippen molar-refractivity contribution >= 4 is 11.9 Å². The highest BCUT2D eigenvalue weighted by atomic mass is 16.5. The van der Waals surface area contributed by atoms with Crippen molar-refractivity contribution in [1.29, 1.82) is 0 Å². The molecule has 2 atom stereocenters. The summed E-state index contributed by atoms with van der Waals surface area (Å²) in [6, 6.07) is 7.08. The predicted molar refractivity (Wildman–Crippen MR) is 84.3 cm³/mol. The first-order valence-corrected chi connectivity index (χ1v) is 7.74. The lowest BCUT2D eigenvalue weighted by atomic mass is 9.88. The van der Waals surface area contributed by atoms with Crippen LogP contribution in [-0.2, 0) is 19.9 Å². The van der Waals surface area contributed by atoms with E-state index < -0.39 is 17.6 Å². The summed E-state index contributed by atoms with van der Waals surface area (Å²) < 4.78 is 10.7. The average molecular weight is 321 g/mol. The van der Waals surface area contributed by atoms with Gasteiger partial charge in [-0.25, -0.2) is 0 Å². The molecule has 1 aromatic rings. The number of nitrogens with one attached hydrogen (secondary N) is 1. The Morgan fingerprint density at radius 1 is 1.43 bits per heavy atom. The maximum atomic E-state index is 12.5. The van der Waals surface area contributed by atoms with Gasteiger partial charge in [-0.1, -0.05) is 12.1 Å². The minimum atomic E-state index is -1.03. The van der Waals surface area contributed by atoms with E-state index in [4.69, 9.17) is 9.47 Å². The molecule has 6 heteroatoms. The summed E-state index contributed by atoms with van der Waals surface area (Å²) in [5.41, 5.74) is -0.346. The molecule has 0 radical (unpaired) electrons. The average Bonchev–Trinajstić information content (AvgIpc) is 2.55. The van der Waals surface area contributed by atoms with E-state index in [0.29, 0.717) is 24.3 Å². The predicted octanol–water partition coefficient (Wildman–Crippen LogP) is 2.07. The quantitative estimate of drug-likeness (QED) is 0.838. The van der Waals surface area contributed by atoms with Crippen LogP contribution in [0.1, 0.15) is 38.2 Å². The van der Waals surface area contributed by atoms with Gasteiger partial charge in [-0.05, 0) is 43.9 Å². The molecule has 1 aliphatic rings. The molecule has 1 aromatic carbocycles. The Bertz CT molecular complexity index is 568. The van der Waals surface area contributed by atoms with Crippen LogP contribution in [-0.4, -0.2) is 36.8 Å². The minimum absolute atomic E-state index is 0.224. The fraction of sp³-hybridized carbons (Fsp3) is 0.529. The highest BCUT2D eigenvalue weighted by molar-refractivity contribution is 5.82. The number of methoxy groups -OCH3 is 1. The number of hydrogen-bond donors (Lipinski definition) is 2. The van der Waals surface area contributed by atoms with E-state index in [1.165, 1.54) is 0 Å². The zero-order valence-corrected chi connectivity index (χ0v) is 13.5. The van der Waals surface area contributed by atoms with E-state index in [9.17, 15) is 14.7 Å². The van der Waals surface area contributed by atoms with E-state index in [0.717, 1.165) is 12.8 Å². The van der Waals surface area contributed by atoms with Crippen LogP contribution in [0.3, 0.4) is 0 Å². The first-order valence-electron chi connectivity index (χ1n) is 7.74. The van der Waals surface area contributed by atoms with Crippen LogP contribution in [0.15, 0.2) is 24.3 Å². The highest BCUT2D eigenvalue weighted by Gasteiger charge is 2.34. The molecule has 6 nitrogen and oxygen atoms in total. The molecule has 1 aliphatic heterocycles. The molecule has 0 bridgehead atoms. The lowest BCUT2D eigenvalue weighted by Gasteiger charge is -2.33. The van der Waals surface area contributed by atoms with Crippen LogP contribution < -0.4 is 10.1 Å². The van der Waals surface area contributed by atoms with Crippen LogP contribution in [0, 0.1) is 0 Å². The number of amides is 1. The standard InChI is InChI=1S/C17H23NO5/c1-17(11-15(19)20,12-6-5-7-13(10-12)22-2)18-16(21)14-8-3-4-9-23-14/h5-7,10,14H,3-4,8-9,11H2,1-2H3,(H,18,21)(H,19,20). The van der Waals surface area contributed by atoms with Gasteiger partial charge in [-0.15, -0.1) is 0 Å². The summed E-state index contributed by atoms with van der Waals surface area (Å²) in [7, 11) is 1.54. The fourth-order valence-electron chi connectivity index (χ4n) is 2.79. The summed E-state index contributed by atoms with van der Waals surface area (Å²) in [5, 5.41) is 12.1. The Balaban J connectivity index is 2.23. The van der Waals surface area contributed by atoms with E-state index in [2.05, 4.69) is 5.32 Å². The molecule has 23 heavy (non-hydrogen) atoms. The van der Waals surface area contributed by atoms with Crippen LogP contribution in [0.4, 0.5) is 0 Å². The van der Waals surface area contributed by atoms with Gasteiger partial charge in [-0.2, -0.15) is 0 Å². The van der Waals surface area contributed by atoms with Gasteiger partial charge in [0.15, 0.2) is 0 Å². The third-order valence-corrected chi connectivity index (χ3v) is 4.08. The number of ether oxygens (including phenoxy) is 2. The summed E-state index contributed by atoms with van der Waals surface area (Å²) >= 11 is 0. The molecule has 126 valence electrons. The maximum absolute atomic E-state index is 12.5. The molecule has 1 saturated heterocycles. The maximum Gasteiger partial charge on any atom is 0.306 e. The van der Waals surface area contributed by atoms with Gasteiger partial charge in [0.05, 0.1) is 19.1 Å². The third-order valence-electron chi connectivity index (χ3n) is 4.08. The van der Waals surface area contributed by atoms with Crippen molar-refractivity contribution < 1.29 is 24.2 Å². The molecule has 1 fully saturated rings. The second-order valence-electron chi connectivity index (χ2n) is 5.98. The molecule has 1 amide bonds. The van der Waals surface area contributed by atoms with Gasteiger partial charge < -0.3 is 19.9 Å². The van der Waals surface area contributed by atoms with Crippen molar-refractivity contribution in [1.82, 2.24) is 5.32 Å². The Kier molecular flexibility index (Phi) is 5.60. The first-order chi connectivity index (χ1) is 10.9. The Hall–Kier alpha value is -2.08. The molecule has 1 heterocycles. The fourth-order valence-corrected chi connectivity index (χ4v) is 2.79. The molecule has 0 aromatic heterocycles. The van der Waals surface area contributed by atoms with Crippen molar-refractivity contribution in [3.8, 4) is 5.75 Å². The number of aliphatic carboxylic acids is 1. The monoisotopic (exact) mass is 321 g/mol. The van der Waals surface area contributed by atoms with Crippen LogP contribution in [0.25, 0.3) is 0 Å². The van der Waals surface area contributed by atoms with Gasteiger partial charge in [0, 0.05) is 6.61 Å². The Morgan fingerprint density at radius 2 is 2.22 bits per heavy atom. The molecule has 2 rings (SSSR count). The van der Waals surface area contributed by atoms with Crippen molar-refractivity contribution in [2.45, 2.75) is 44.2 Å². The lowest BCUT2D eigenvalue weighted by molar-refractivity contribution is -0.141. The summed E-state index contributed by atoms with van der Waals surface area (Å²) in [6.07, 6.45) is 1.81. The largest absolute Gasteiger partial charge is 0.497 e.